The van der Waals surface area contributed by atoms with Crippen LogP contribution in [-0.2, 0) is 17.2 Å². The number of benzene rings is 1. The summed E-state index contributed by atoms with van der Waals surface area (Å²) in [4.78, 5) is 3.71. The fourth-order valence-corrected chi connectivity index (χ4v) is 3.02. The monoisotopic (exact) mass is 408 g/mol. The fraction of sp³-hybridized carbons (Fsp3) is 0.353. The summed E-state index contributed by atoms with van der Waals surface area (Å²) in [6.07, 6.45) is -4.47. The van der Waals surface area contributed by atoms with Crippen molar-refractivity contribution in [2.75, 3.05) is 0 Å². The van der Waals surface area contributed by atoms with Gasteiger partial charge in [0, 0.05) is 11.6 Å². The van der Waals surface area contributed by atoms with E-state index < -0.39 is 39.3 Å². The number of alkyl halides is 3. The van der Waals surface area contributed by atoms with Crippen LogP contribution in [-0.4, -0.2) is 13.9 Å². The predicted octanol–water partition coefficient (Wildman–Crippen LogP) is 4.82. The van der Waals surface area contributed by atoms with Crippen LogP contribution < -0.4 is 5.14 Å². The highest BCUT2D eigenvalue weighted by Gasteiger charge is 2.35. The normalized spacial score (nSPS) is 14.9. The SMILES string of the molecule is CC(C)(C[C@H](c1ccc(F)c(Cl)c1)c1cccc(C(F)(F)F)n1)S(N)=O. The Morgan fingerprint density at radius 1 is 1.23 bits per heavy atom. The minimum atomic E-state index is -4.60. The molecular weight excluding hydrogens is 392 g/mol. The molecular formula is C17H17ClF4N2OS. The summed E-state index contributed by atoms with van der Waals surface area (Å²) in [5.41, 5.74) is -0.470. The van der Waals surface area contributed by atoms with E-state index in [4.69, 9.17) is 16.7 Å². The van der Waals surface area contributed by atoms with Crippen molar-refractivity contribution in [3.8, 4) is 0 Å². The molecule has 0 spiro atoms. The summed E-state index contributed by atoms with van der Waals surface area (Å²) in [6, 6.07) is 7.43. The standard InChI is InChI=1S/C17H17ClF4N2OS/c1-16(2,26(23)25)9-11(10-6-7-13(19)12(18)8-10)14-4-3-5-15(24-14)17(20,21)22/h3-8,11H,9,23H2,1-2H3/t11-,26?/m1/s1. The van der Waals surface area contributed by atoms with E-state index in [9.17, 15) is 21.8 Å². The molecule has 0 amide bonds. The summed E-state index contributed by atoms with van der Waals surface area (Å²) in [5.74, 6) is -1.34. The number of nitrogens with zero attached hydrogens (tertiary/aromatic N) is 1. The van der Waals surface area contributed by atoms with E-state index in [1.54, 1.807) is 13.8 Å². The second-order valence-corrected chi connectivity index (χ2v) is 8.54. The first-order valence-electron chi connectivity index (χ1n) is 7.57. The Kier molecular flexibility index (Phi) is 6.09. The molecule has 2 aromatic rings. The van der Waals surface area contributed by atoms with Gasteiger partial charge in [-0.25, -0.2) is 13.6 Å². The predicted molar refractivity (Wildman–Crippen MR) is 93.5 cm³/mol. The van der Waals surface area contributed by atoms with Gasteiger partial charge < -0.3 is 0 Å². The Morgan fingerprint density at radius 3 is 2.42 bits per heavy atom. The van der Waals surface area contributed by atoms with E-state index in [1.807, 2.05) is 0 Å². The summed E-state index contributed by atoms with van der Waals surface area (Å²) in [5, 5.41) is 5.35. The minimum absolute atomic E-state index is 0.112. The Bertz CT molecular complexity index is 827. The molecule has 2 rings (SSSR count). The van der Waals surface area contributed by atoms with Crippen LogP contribution in [0.2, 0.25) is 5.02 Å². The first-order chi connectivity index (χ1) is 11.9. The number of hydrogen-bond donors (Lipinski definition) is 1. The molecule has 0 aliphatic heterocycles. The van der Waals surface area contributed by atoms with Gasteiger partial charge in [-0.05, 0) is 50.1 Å². The van der Waals surface area contributed by atoms with Gasteiger partial charge >= 0.3 is 6.18 Å². The fourth-order valence-electron chi connectivity index (χ4n) is 2.50. The van der Waals surface area contributed by atoms with Gasteiger partial charge in [0.25, 0.3) is 0 Å². The van der Waals surface area contributed by atoms with Gasteiger partial charge in [0.05, 0.1) is 20.8 Å². The van der Waals surface area contributed by atoms with Crippen LogP contribution in [0.25, 0.3) is 0 Å². The van der Waals surface area contributed by atoms with E-state index in [-0.39, 0.29) is 17.1 Å². The van der Waals surface area contributed by atoms with Crippen molar-refractivity contribution in [2.45, 2.75) is 37.1 Å². The topological polar surface area (TPSA) is 56.0 Å². The Morgan fingerprint density at radius 2 is 1.88 bits per heavy atom. The van der Waals surface area contributed by atoms with Crippen LogP contribution in [0, 0.1) is 5.82 Å². The molecule has 1 aromatic carbocycles. The third kappa shape index (κ3) is 4.81. The van der Waals surface area contributed by atoms with Crippen molar-refractivity contribution in [1.82, 2.24) is 4.98 Å². The van der Waals surface area contributed by atoms with Crippen LogP contribution >= 0.6 is 11.6 Å². The van der Waals surface area contributed by atoms with Crippen LogP contribution in [0.5, 0.6) is 0 Å². The summed E-state index contributed by atoms with van der Waals surface area (Å²) >= 11 is 5.82. The lowest BCUT2D eigenvalue weighted by molar-refractivity contribution is -0.141. The molecule has 0 fully saturated rings. The van der Waals surface area contributed by atoms with Gasteiger partial charge in [0.15, 0.2) is 0 Å². The van der Waals surface area contributed by atoms with Gasteiger partial charge in [-0.3, -0.25) is 5.14 Å². The summed E-state index contributed by atoms with van der Waals surface area (Å²) < 4.78 is 63.4. The third-order valence-electron chi connectivity index (χ3n) is 4.00. The zero-order valence-electron chi connectivity index (χ0n) is 14.0. The van der Waals surface area contributed by atoms with E-state index >= 15 is 0 Å². The zero-order valence-corrected chi connectivity index (χ0v) is 15.6. The van der Waals surface area contributed by atoms with E-state index in [1.165, 1.54) is 24.3 Å². The van der Waals surface area contributed by atoms with Crippen LogP contribution in [0.1, 0.15) is 43.1 Å². The molecule has 0 aliphatic carbocycles. The third-order valence-corrected chi connectivity index (χ3v) is 5.55. The maximum absolute atomic E-state index is 13.5. The number of pyridine rings is 1. The molecule has 1 unspecified atom stereocenters. The lowest BCUT2D eigenvalue weighted by Crippen LogP contribution is -2.34. The smallest absolute Gasteiger partial charge is 0.251 e. The van der Waals surface area contributed by atoms with Gasteiger partial charge in [-0.15, -0.1) is 0 Å². The van der Waals surface area contributed by atoms with E-state index in [2.05, 4.69) is 4.98 Å². The molecule has 2 N–H and O–H groups in total. The molecule has 0 radical (unpaired) electrons. The number of halogens is 5. The molecule has 26 heavy (non-hydrogen) atoms. The average molecular weight is 409 g/mol. The first kappa shape index (κ1) is 20.8. The Hall–Kier alpha value is -1.51. The van der Waals surface area contributed by atoms with E-state index in [0.29, 0.717) is 5.56 Å². The summed E-state index contributed by atoms with van der Waals surface area (Å²) in [6.45, 7) is 3.27. The second-order valence-electron chi connectivity index (χ2n) is 6.43. The highest BCUT2D eigenvalue weighted by atomic mass is 35.5. The molecule has 1 aromatic heterocycles. The zero-order chi connectivity index (χ0) is 19.7. The first-order valence-corrected chi connectivity index (χ1v) is 9.16. The molecule has 3 nitrogen and oxygen atoms in total. The number of nitrogens with two attached hydrogens (primary N) is 1. The van der Waals surface area contributed by atoms with Crippen molar-refractivity contribution < 1.29 is 21.8 Å². The Labute approximate surface area is 156 Å². The van der Waals surface area contributed by atoms with Crippen molar-refractivity contribution in [3.63, 3.8) is 0 Å². The van der Waals surface area contributed by atoms with Crippen molar-refractivity contribution >= 4 is 22.6 Å². The molecule has 0 aliphatic rings. The summed E-state index contributed by atoms with van der Waals surface area (Å²) in [7, 11) is -1.73. The Balaban J connectivity index is 2.57. The second kappa shape index (κ2) is 7.62. The average Bonchev–Trinajstić information content (AvgIpc) is 2.54. The molecule has 0 bridgehead atoms. The quantitative estimate of drug-likeness (QED) is 0.721. The van der Waals surface area contributed by atoms with Crippen molar-refractivity contribution in [3.05, 3.63) is 64.2 Å². The van der Waals surface area contributed by atoms with Gasteiger partial charge in [0.1, 0.15) is 11.5 Å². The largest absolute Gasteiger partial charge is 0.433 e. The van der Waals surface area contributed by atoms with Crippen molar-refractivity contribution in [2.24, 2.45) is 5.14 Å². The number of aromatic nitrogens is 1. The minimum Gasteiger partial charge on any atom is -0.251 e. The van der Waals surface area contributed by atoms with Crippen LogP contribution in [0.15, 0.2) is 36.4 Å². The lowest BCUT2D eigenvalue weighted by atomic mass is 9.87. The number of rotatable bonds is 5. The molecule has 9 heteroatoms. The molecule has 2 atom stereocenters. The highest BCUT2D eigenvalue weighted by molar-refractivity contribution is 7.84. The maximum atomic E-state index is 13.5. The number of hydrogen-bond acceptors (Lipinski definition) is 2. The molecule has 0 saturated heterocycles. The molecule has 142 valence electrons. The maximum Gasteiger partial charge on any atom is 0.433 e. The molecule has 0 saturated carbocycles. The van der Waals surface area contributed by atoms with Crippen molar-refractivity contribution in [1.29, 1.82) is 0 Å². The highest BCUT2D eigenvalue weighted by Crippen LogP contribution is 2.36. The molecule has 1 heterocycles. The van der Waals surface area contributed by atoms with Gasteiger partial charge in [0.2, 0.25) is 0 Å². The lowest BCUT2D eigenvalue weighted by Gasteiger charge is -2.28. The van der Waals surface area contributed by atoms with Crippen LogP contribution in [0.4, 0.5) is 17.6 Å². The van der Waals surface area contributed by atoms with Gasteiger partial charge in [-0.2, -0.15) is 13.2 Å². The van der Waals surface area contributed by atoms with Gasteiger partial charge in [-0.1, -0.05) is 23.7 Å². The van der Waals surface area contributed by atoms with E-state index in [0.717, 1.165) is 12.1 Å². The van der Waals surface area contributed by atoms with Crippen LogP contribution in [0.3, 0.4) is 0 Å².